The Bertz CT molecular complexity index is 876. The quantitative estimate of drug-likeness (QED) is 0.680. The molecule has 1 fully saturated rings. The number of aromatic nitrogens is 7. The molecule has 0 N–H and O–H groups in total. The van der Waals surface area contributed by atoms with E-state index >= 15 is 0 Å². The van der Waals surface area contributed by atoms with E-state index < -0.39 is 5.60 Å². The van der Waals surface area contributed by atoms with Crippen LogP contribution in [-0.2, 0) is 24.4 Å². The summed E-state index contributed by atoms with van der Waals surface area (Å²) in [6.45, 7) is 3.26. The molecule has 4 rings (SSSR count). The molecule has 3 aromatic rings. The lowest BCUT2D eigenvalue weighted by Gasteiger charge is -2.49. The summed E-state index contributed by atoms with van der Waals surface area (Å²) in [6, 6.07) is 0. The van der Waals surface area contributed by atoms with Crippen molar-refractivity contribution in [1.82, 2.24) is 34.7 Å². The van der Waals surface area contributed by atoms with E-state index in [2.05, 4.69) is 30.3 Å². The zero-order valence-corrected chi connectivity index (χ0v) is 13.6. The van der Waals surface area contributed by atoms with Gasteiger partial charge in [-0.1, -0.05) is 5.21 Å². The van der Waals surface area contributed by atoms with Gasteiger partial charge in [0.05, 0.1) is 36.6 Å². The number of anilines is 1. The molecule has 0 saturated carbocycles. The van der Waals surface area contributed by atoms with Crippen LogP contribution in [0.1, 0.15) is 11.5 Å². The second-order valence-corrected chi connectivity index (χ2v) is 5.90. The topological polar surface area (TPSA) is 86.8 Å². The average molecular weight is 314 g/mol. The summed E-state index contributed by atoms with van der Waals surface area (Å²) in [5, 5.41) is 13.2. The van der Waals surface area contributed by atoms with Gasteiger partial charge in [-0.15, -0.1) is 5.10 Å². The maximum absolute atomic E-state index is 5.79. The van der Waals surface area contributed by atoms with Crippen molar-refractivity contribution < 1.29 is 4.74 Å². The van der Waals surface area contributed by atoms with Crippen molar-refractivity contribution in [2.24, 2.45) is 14.1 Å². The molecule has 120 valence electrons. The minimum absolute atomic E-state index is 0.411. The average Bonchev–Trinajstić information content (AvgIpc) is 3.06. The van der Waals surface area contributed by atoms with Gasteiger partial charge >= 0.3 is 0 Å². The second kappa shape index (κ2) is 4.72. The van der Waals surface area contributed by atoms with E-state index in [1.165, 1.54) is 0 Å². The van der Waals surface area contributed by atoms with E-state index in [4.69, 9.17) is 4.74 Å². The molecule has 1 aliphatic rings. The molecule has 0 aliphatic carbocycles. The van der Waals surface area contributed by atoms with Gasteiger partial charge in [-0.25, -0.2) is 14.6 Å². The molecule has 23 heavy (non-hydrogen) atoms. The van der Waals surface area contributed by atoms with E-state index in [1.807, 2.05) is 27.2 Å². The van der Waals surface area contributed by atoms with Crippen LogP contribution in [0.25, 0.3) is 11.0 Å². The molecule has 9 nitrogen and oxygen atoms in total. The first-order valence-corrected chi connectivity index (χ1v) is 7.36. The Balaban J connectivity index is 1.71. The predicted octanol–water partition coefficient (Wildman–Crippen LogP) is 0.162. The molecule has 0 atom stereocenters. The summed E-state index contributed by atoms with van der Waals surface area (Å²) < 4.78 is 9.31. The molecule has 4 heterocycles. The van der Waals surface area contributed by atoms with Gasteiger partial charge in [0.2, 0.25) is 0 Å². The SMILES string of the molecule is COC1(c2cnnn2C)CN(c2nc(C)nc3c2cnn3C)C1. The van der Waals surface area contributed by atoms with Crippen LogP contribution in [0.2, 0.25) is 0 Å². The van der Waals surface area contributed by atoms with E-state index in [0.717, 1.165) is 28.4 Å². The lowest BCUT2D eigenvalue weighted by molar-refractivity contribution is -0.0446. The molecule has 0 aromatic carbocycles. The summed E-state index contributed by atoms with van der Waals surface area (Å²) in [6.07, 6.45) is 3.56. The lowest BCUT2D eigenvalue weighted by atomic mass is 9.90. The maximum Gasteiger partial charge on any atom is 0.163 e. The number of methoxy groups -OCH3 is 1. The first kappa shape index (κ1) is 14.1. The van der Waals surface area contributed by atoms with Crippen molar-refractivity contribution in [1.29, 1.82) is 0 Å². The predicted molar refractivity (Wildman–Crippen MR) is 82.9 cm³/mol. The fourth-order valence-corrected chi connectivity index (χ4v) is 3.17. The minimum Gasteiger partial charge on any atom is -0.368 e. The normalized spacial score (nSPS) is 16.8. The summed E-state index contributed by atoms with van der Waals surface area (Å²) in [4.78, 5) is 11.2. The minimum atomic E-state index is -0.411. The smallest absolute Gasteiger partial charge is 0.163 e. The van der Waals surface area contributed by atoms with Crippen LogP contribution in [0.5, 0.6) is 0 Å². The summed E-state index contributed by atoms with van der Waals surface area (Å²) >= 11 is 0. The third-order valence-corrected chi connectivity index (χ3v) is 4.45. The third kappa shape index (κ3) is 1.93. The van der Waals surface area contributed by atoms with Gasteiger partial charge in [-0.05, 0) is 6.92 Å². The van der Waals surface area contributed by atoms with Crippen LogP contribution in [-0.4, -0.2) is 54.9 Å². The van der Waals surface area contributed by atoms with Crippen molar-refractivity contribution in [3.63, 3.8) is 0 Å². The molecule has 0 unspecified atom stereocenters. The van der Waals surface area contributed by atoms with Crippen molar-refractivity contribution >= 4 is 16.9 Å². The largest absolute Gasteiger partial charge is 0.368 e. The summed E-state index contributed by atoms with van der Waals surface area (Å²) in [5.74, 6) is 1.62. The molecular formula is C14H18N8O. The van der Waals surface area contributed by atoms with Crippen LogP contribution in [0.4, 0.5) is 5.82 Å². The number of fused-ring (bicyclic) bond motifs is 1. The highest BCUT2D eigenvalue weighted by atomic mass is 16.5. The molecule has 0 amide bonds. The zero-order valence-electron chi connectivity index (χ0n) is 13.6. The summed E-state index contributed by atoms with van der Waals surface area (Å²) in [5.41, 5.74) is 1.39. The highest BCUT2D eigenvalue weighted by Crippen LogP contribution is 2.39. The van der Waals surface area contributed by atoms with Crippen LogP contribution in [0.3, 0.4) is 0 Å². The van der Waals surface area contributed by atoms with Crippen molar-refractivity contribution in [3.8, 4) is 0 Å². The second-order valence-electron chi connectivity index (χ2n) is 5.90. The van der Waals surface area contributed by atoms with Gasteiger partial charge in [0.25, 0.3) is 0 Å². The first-order chi connectivity index (χ1) is 11.0. The third-order valence-electron chi connectivity index (χ3n) is 4.45. The lowest BCUT2D eigenvalue weighted by Crippen LogP contribution is -2.61. The number of hydrogen-bond donors (Lipinski definition) is 0. The Morgan fingerprint density at radius 3 is 2.57 bits per heavy atom. The molecule has 9 heteroatoms. The Morgan fingerprint density at radius 1 is 1.13 bits per heavy atom. The molecule has 0 radical (unpaired) electrons. The van der Waals surface area contributed by atoms with Gasteiger partial charge in [-0.3, -0.25) is 4.68 Å². The Morgan fingerprint density at radius 2 is 1.91 bits per heavy atom. The number of nitrogens with zero attached hydrogens (tertiary/aromatic N) is 8. The molecule has 0 spiro atoms. The van der Waals surface area contributed by atoms with Crippen LogP contribution in [0.15, 0.2) is 12.4 Å². The van der Waals surface area contributed by atoms with Crippen molar-refractivity contribution in [2.45, 2.75) is 12.5 Å². The van der Waals surface area contributed by atoms with E-state index in [-0.39, 0.29) is 0 Å². The highest BCUT2D eigenvalue weighted by Gasteiger charge is 2.48. The Hall–Kier alpha value is -2.55. The molecule has 3 aromatic heterocycles. The van der Waals surface area contributed by atoms with Gasteiger partial charge in [0.15, 0.2) is 5.65 Å². The number of hydrogen-bond acceptors (Lipinski definition) is 7. The highest BCUT2D eigenvalue weighted by molar-refractivity contribution is 5.87. The van der Waals surface area contributed by atoms with E-state index in [0.29, 0.717) is 13.1 Å². The fraction of sp³-hybridized carbons (Fsp3) is 0.500. The molecule has 1 saturated heterocycles. The van der Waals surface area contributed by atoms with Gasteiger partial charge in [0.1, 0.15) is 17.2 Å². The monoisotopic (exact) mass is 314 g/mol. The zero-order chi connectivity index (χ0) is 16.2. The van der Waals surface area contributed by atoms with Crippen LogP contribution in [0, 0.1) is 6.92 Å². The standard InChI is InChI=1S/C14H18N8O/c1-9-17-12-10(5-16-21(12)3)13(18-9)22-7-14(8-22,23-4)11-6-15-19-20(11)2/h5-6H,7-8H2,1-4H3. The maximum atomic E-state index is 5.79. The Labute approximate surface area is 132 Å². The van der Waals surface area contributed by atoms with Crippen LogP contribution < -0.4 is 4.90 Å². The number of ether oxygens (including phenoxy) is 1. The van der Waals surface area contributed by atoms with Crippen molar-refractivity contribution in [2.75, 3.05) is 25.1 Å². The molecular weight excluding hydrogens is 296 g/mol. The molecule has 0 bridgehead atoms. The molecule has 1 aliphatic heterocycles. The van der Waals surface area contributed by atoms with E-state index in [9.17, 15) is 0 Å². The van der Waals surface area contributed by atoms with Crippen LogP contribution >= 0.6 is 0 Å². The Kier molecular flexibility index (Phi) is 2.89. The van der Waals surface area contributed by atoms with E-state index in [1.54, 1.807) is 22.7 Å². The summed E-state index contributed by atoms with van der Waals surface area (Å²) in [7, 11) is 5.48. The first-order valence-electron chi connectivity index (χ1n) is 7.36. The fourth-order valence-electron chi connectivity index (χ4n) is 3.17. The number of aryl methyl sites for hydroxylation is 3. The van der Waals surface area contributed by atoms with Gasteiger partial charge < -0.3 is 9.64 Å². The number of rotatable bonds is 3. The van der Waals surface area contributed by atoms with Gasteiger partial charge in [0, 0.05) is 21.2 Å². The van der Waals surface area contributed by atoms with Gasteiger partial charge in [-0.2, -0.15) is 5.10 Å². The van der Waals surface area contributed by atoms with Crippen molar-refractivity contribution in [3.05, 3.63) is 23.9 Å².